The van der Waals surface area contributed by atoms with Gasteiger partial charge in [0.2, 0.25) is 0 Å². The van der Waals surface area contributed by atoms with Crippen LogP contribution in [0.5, 0.6) is 0 Å². The van der Waals surface area contributed by atoms with E-state index >= 15 is 0 Å². The number of nitrogens with one attached hydrogen (secondary N) is 1. The first-order valence-electron chi connectivity index (χ1n) is 4.65. The summed E-state index contributed by atoms with van der Waals surface area (Å²) < 4.78 is 0. The summed E-state index contributed by atoms with van der Waals surface area (Å²) in [5, 5.41) is 11.6. The topological polar surface area (TPSA) is 70.8 Å². The fraction of sp³-hybridized carbons (Fsp3) is 0.111. The largest absolute Gasteiger partial charge is 0.302 e. The number of nitrogens with two attached hydrogens (primary N) is 1. The predicted octanol–water partition coefficient (Wildman–Crippen LogP) is 1.66. The maximum absolute atomic E-state index is 6.04. The van der Waals surface area contributed by atoms with Gasteiger partial charge in [-0.1, -0.05) is 11.8 Å². The summed E-state index contributed by atoms with van der Waals surface area (Å²) in [4.78, 5) is 6.30. The molecular weight excluding hydrogens is 242 g/mol. The van der Waals surface area contributed by atoms with Crippen LogP contribution in [0.3, 0.4) is 0 Å². The van der Waals surface area contributed by atoms with E-state index in [1.165, 1.54) is 0 Å². The van der Waals surface area contributed by atoms with Crippen molar-refractivity contribution < 1.29 is 0 Å². The highest BCUT2D eigenvalue weighted by molar-refractivity contribution is 8.03. The summed E-state index contributed by atoms with van der Waals surface area (Å²) in [5.74, 6) is 0. The molecule has 0 spiro atoms. The lowest BCUT2D eigenvalue weighted by Crippen LogP contribution is -2.34. The van der Waals surface area contributed by atoms with E-state index in [1.807, 2.05) is 21.9 Å². The summed E-state index contributed by atoms with van der Waals surface area (Å²) in [7, 11) is 0. The molecule has 3 rings (SSSR count). The molecule has 0 amide bonds. The van der Waals surface area contributed by atoms with Gasteiger partial charge in [0.15, 0.2) is 5.13 Å². The molecule has 1 aliphatic rings. The molecule has 2 aromatic heterocycles. The Morgan fingerprint density at radius 3 is 3.12 bits per heavy atom. The van der Waals surface area contributed by atoms with E-state index in [4.69, 9.17) is 5.73 Å². The van der Waals surface area contributed by atoms with Gasteiger partial charge in [0.05, 0.1) is 11.9 Å². The van der Waals surface area contributed by atoms with Crippen molar-refractivity contribution >= 4 is 33.9 Å². The Balaban J connectivity index is 2.00. The van der Waals surface area contributed by atoms with Crippen LogP contribution in [0.1, 0.15) is 5.56 Å². The van der Waals surface area contributed by atoms with Crippen molar-refractivity contribution in [3.63, 3.8) is 0 Å². The van der Waals surface area contributed by atoms with Gasteiger partial charge in [-0.2, -0.15) is 5.10 Å². The van der Waals surface area contributed by atoms with Crippen molar-refractivity contribution in [1.29, 1.82) is 0 Å². The number of rotatable bonds is 2. The van der Waals surface area contributed by atoms with Gasteiger partial charge in [-0.3, -0.25) is 10.00 Å². The van der Waals surface area contributed by atoms with Crippen molar-refractivity contribution in [2.45, 2.75) is 5.50 Å². The molecule has 3 heterocycles. The van der Waals surface area contributed by atoms with Crippen LogP contribution in [0.4, 0.5) is 5.13 Å². The molecule has 2 aromatic rings. The van der Waals surface area contributed by atoms with Crippen LogP contribution in [0.25, 0.3) is 5.70 Å². The second kappa shape index (κ2) is 3.93. The molecule has 3 N–H and O–H groups in total. The Kier molecular flexibility index (Phi) is 2.43. The quantitative estimate of drug-likeness (QED) is 0.849. The third kappa shape index (κ3) is 1.53. The van der Waals surface area contributed by atoms with Gasteiger partial charge >= 0.3 is 0 Å². The molecule has 0 bridgehead atoms. The molecule has 0 aromatic carbocycles. The van der Waals surface area contributed by atoms with Crippen LogP contribution < -0.4 is 10.6 Å². The standard InChI is InChI=1S/C9H9N5S2/c10-8-14(9-11-1-2-15-9)7(5-16-8)6-3-12-13-4-6/h1-5,8H,10H2,(H,12,13). The lowest BCUT2D eigenvalue weighted by Gasteiger charge is -2.22. The predicted molar refractivity (Wildman–Crippen MR) is 66.7 cm³/mol. The maximum Gasteiger partial charge on any atom is 0.191 e. The summed E-state index contributed by atoms with van der Waals surface area (Å²) in [6.45, 7) is 0. The maximum atomic E-state index is 6.04. The Bertz CT molecular complexity index is 490. The molecule has 1 atom stereocenters. The van der Waals surface area contributed by atoms with Gasteiger partial charge in [-0.05, 0) is 5.41 Å². The number of thiazole rings is 1. The third-order valence-electron chi connectivity index (χ3n) is 2.25. The number of thioether (sulfide) groups is 1. The molecule has 7 heteroatoms. The minimum atomic E-state index is -0.115. The van der Waals surface area contributed by atoms with E-state index in [1.54, 1.807) is 35.5 Å². The van der Waals surface area contributed by atoms with Crippen molar-refractivity contribution in [1.82, 2.24) is 15.2 Å². The van der Waals surface area contributed by atoms with Gasteiger partial charge in [0.25, 0.3) is 0 Å². The minimum absolute atomic E-state index is 0.115. The van der Waals surface area contributed by atoms with Crippen LogP contribution >= 0.6 is 23.1 Å². The van der Waals surface area contributed by atoms with Gasteiger partial charge < -0.3 is 5.73 Å². The average molecular weight is 251 g/mol. The average Bonchev–Trinajstić information content (AvgIpc) is 2.96. The van der Waals surface area contributed by atoms with E-state index in [0.717, 1.165) is 16.4 Å². The highest BCUT2D eigenvalue weighted by atomic mass is 32.2. The second-order valence-electron chi connectivity index (χ2n) is 3.20. The van der Waals surface area contributed by atoms with E-state index in [0.29, 0.717) is 0 Å². The highest BCUT2D eigenvalue weighted by Crippen LogP contribution is 2.38. The first-order chi connectivity index (χ1) is 7.86. The third-order valence-corrected chi connectivity index (χ3v) is 3.87. The zero-order chi connectivity index (χ0) is 11.0. The molecule has 1 unspecified atom stereocenters. The monoisotopic (exact) mass is 251 g/mol. The Labute approximate surface area is 100 Å². The summed E-state index contributed by atoms with van der Waals surface area (Å²) in [6, 6.07) is 0. The van der Waals surface area contributed by atoms with Crippen LogP contribution in [-0.4, -0.2) is 20.7 Å². The Hall–Kier alpha value is -1.31. The van der Waals surface area contributed by atoms with Gasteiger partial charge in [0.1, 0.15) is 5.50 Å². The van der Waals surface area contributed by atoms with Crippen LogP contribution in [-0.2, 0) is 0 Å². The fourth-order valence-corrected chi connectivity index (χ4v) is 3.14. The SMILES string of the molecule is NC1SC=C(c2cn[nH]c2)N1c1nccs1. The van der Waals surface area contributed by atoms with Crippen molar-refractivity contribution in [2.24, 2.45) is 5.73 Å². The molecule has 0 aliphatic carbocycles. The molecule has 82 valence electrons. The number of H-pyrrole nitrogens is 1. The number of anilines is 1. The highest BCUT2D eigenvalue weighted by Gasteiger charge is 2.28. The Morgan fingerprint density at radius 2 is 2.44 bits per heavy atom. The van der Waals surface area contributed by atoms with E-state index in [9.17, 15) is 0 Å². The normalized spacial score (nSPS) is 20.2. The van der Waals surface area contributed by atoms with E-state index < -0.39 is 0 Å². The van der Waals surface area contributed by atoms with Crippen LogP contribution in [0, 0.1) is 0 Å². The molecule has 5 nitrogen and oxygen atoms in total. The lowest BCUT2D eigenvalue weighted by molar-refractivity contribution is 0.931. The minimum Gasteiger partial charge on any atom is -0.302 e. The molecule has 0 saturated heterocycles. The first-order valence-corrected chi connectivity index (χ1v) is 6.47. The number of aromatic amines is 1. The molecule has 0 radical (unpaired) electrons. The number of nitrogens with zero attached hydrogens (tertiary/aromatic N) is 3. The van der Waals surface area contributed by atoms with E-state index in [2.05, 4.69) is 15.2 Å². The smallest absolute Gasteiger partial charge is 0.191 e. The Morgan fingerprint density at radius 1 is 1.50 bits per heavy atom. The molecule has 1 aliphatic heterocycles. The number of aromatic nitrogens is 3. The molecule has 0 fully saturated rings. The first kappa shape index (κ1) is 9.88. The van der Waals surface area contributed by atoms with Crippen molar-refractivity contribution in [2.75, 3.05) is 4.90 Å². The van der Waals surface area contributed by atoms with Crippen LogP contribution in [0.15, 0.2) is 29.4 Å². The van der Waals surface area contributed by atoms with E-state index in [-0.39, 0.29) is 5.50 Å². The van der Waals surface area contributed by atoms with Crippen LogP contribution in [0.2, 0.25) is 0 Å². The molecular formula is C9H9N5S2. The van der Waals surface area contributed by atoms with Gasteiger partial charge in [0, 0.05) is 23.3 Å². The zero-order valence-corrected chi connectivity index (χ0v) is 9.83. The molecule has 0 saturated carbocycles. The number of hydrogen-bond acceptors (Lipinski definition) is 6. The number of hydrogen-bond donors (Lipinski definition) is 2. The van der Waals surface area contributed by atoms with Crippen molar-refractivity contribution in [3.8, 4) is 0 Å². The second-order valence-corrected chi connectivity index (χ2v) is 5.07. The summed E-state index contributed by atoms with van der Waals surface area (Å²) in [5.41, 5.74) is 7.99. The van der Waals surface area contributed by atoms with Crippen molar-refractivity contribution in [3.05, 3.63) is 34.9 Å². The summed E-state index contributed by atoms with van der Waals surface area (Å²) >= 11 is 3.15. The zero-order valence-electron chi connectivity index (χ0n) is 8.20. The van der Waals surface area contributed by atoms with Gasteiger partial charge in [-0.15, -0.1) is 11.3 Å². The lowest BCUT2D eigenvalue weighted by atomic mass is 10.3. The summed E-state index contributed by atoms with van der Waals surface area (Å²) in [6.07, 6.45) is 5.42. The molecule has 16 heavy (non-hydrogen) atoms. The fourth-order valence-electron chi connectivity index (χ4n) is 1.53. The van der Waals surface area contributed by atoms with Gasteiger partial charge in [-0.25, -0.2) is 4.98 Å².